The third kappa shape index (κ3) is 3.83. The van der Waals surface area contributed by atoms with Gasteiger partial charge in [0.05, 0.1) is 26.0 Å². The SMILES string of the molecule is CC1(c2cccc(NC(=O)c3cc(-c4ccc(Cl)s4)nc4ccccc34)c2)NC(=O)NC1=O. The van der Waals surface area contributed by atoms with Crippen LogP contribution in [0.3, 0.4) is 0 Å². The fourth-order valence-electron chi connectivity index (χ4n) is 3.79. The fraction of sp³-hybridized carbons (Fsp3) is 0.0833. The van der Waals surface area contributed by atoms with E-state index in [0.717, 1.165) is 4.88 Å². The number of anilines is 1. The van der Waals surface area contributed by atoms with Crippen molar-refractivity contribution in [2.75, 3.05) is 5.32 Å². The number of hydrogen-bond acceptors (Lipinski definition) is 5. The van der Waals surface area contributed by atoms with Gasteiger partial charge in [-0.1, -0.05) is 41.9 Å². The molecule has 1 aliphatic rings. The van der Waals surface area contributed by atoms with Gasteiger partial charge in [0, 0.05) is 11.1 Å². The third-order valence-electron chi connectivity index (χ3n) is 5.53. The third-order valence-corrected chi connectivity index (χ3v) is 6.78. The number of carbonyl (C=O) groups excluding carboxylic acids is 3. The molecule has 0 bridgehead atoms. The van der Waals surface area contributed by atoms with Gasteiger partial charge in [-0.15, -0.1) is 11.3 Å². The molecule has 9 heteroatoms. The second-order valence-corrected chi connectivity index (χ2v) is 9.46. The molecule has 0 radical (unpaired) electrons. The molecule has 0 spiro atoms. The number of halogens is 1. The number of para-hydroxylation sites is 1. The first-order valence-corrected chi connectivity index (χ1v) is 11.2. The van der Waals surface area contributed by atoms with Crippen LogP contribution >= 0.6 is 22.9 Å². The van der Waals surface area contributed by atoms with Crippen molar-refractivity contribution >= 4 is 57.4 Å². The zero-order chi connectivity index (χ0) is 23.2. The summed E-state index contributed by atoms with van der Waals surface area (Å²) >= 11 is 7.48. The highest BCUT2D eigenvalue weighted by Crippen LogP contribution is 2.33. The molecular formula is C24H17ClN4O3S. The van der Waals surface area contributed by atoms with Crippen molar-refractivity contribution in [3.05, 3.63) is 82.2 Å². The van der Waals surface area contributed by atoms with Crippen LogP contribution in [-0.2, 0) is 10.3 Å². The van der Waals surface area contributed by atoms with Gasteiger partial charge in [-0.3, -0.25) is 14.9 Å². The lowest BCUT2D eigenvalue weighted by Gasteiger charge is -2.21. The van der Waals surface area contributed by atoms with Crippen molar-refractivity contribution < 1.29 is 14.4 Å². The largest absolute Gasteiger partial charge is 0.322 e. The Bertz CT molecular complexity index is 1450. The molecule has 1 fully saturated rings. The number of nitrogens with zero attached hydrogens (tertiary/aromatic N) is 1. The minimum atomic E-state index is -1.22. The summed E-state index contributed by atoms with van der Waals surface area (Å²) in [7, 11) is 0. The highest BCUT2D eigenvalue weighted by molar-refractivity contribution is 7.19. The molecule has 1 unspecified atom stereocenters. The van der Waals surface area contributed by atoms with Gasteiger partial charge in [0.15, 0.2) is 0 Å². The van der Waals surface area contributed by atoms with Crippen molar-refractivity contribution in [3.63, 3.8) is 0 Å². The Morgan fingerprint density at radius 3 is 2.61 bits per heavy atom. The second-order valence-electron chi connectivity index (χ2n) is 7.74. The Morgan fingerprint density at radius 2 is 1.88 bits per heavy atom. The highest BCUT2D eigenvalue weighted by Gasteiger charge is 2.43. The maximum absolute atomic E-state index is 13.3. The molecule has 1 atom stereocenters. The fourth-order valence-corrected chi connectivity index (χ4v) is 4.80. The Balaban J connectivity index is 1.51. The smallest absolute Gasteiger partial charge is 0.322 e. The van der Waals surface area contributed by atoms with Crippen LogP contribution in [0.4, 0.5) is 10.5 Å². The van der Waals surface area contributed by atoms with Gasteiger partial charge in [0.1, 0.15) is 5.54 Å². The minimum absolute atomic E-state index is 0.320. The van der Waals surface area contributed by atoms with Crippen molar-refractivity contribution in [2.24, 2.45) is 0 Å². The highest BCUT2D eigenvalue weighted by atomic mass is 35.5. The van der Waals surface area contributed by atoms with Crippen molar-refractivity contribution in [3.8, 4) is 10.6 Å². The molecule has 164 valence electrons. The number of fused-ring (bicyclic) bond motifs is 1. The van der Waals surface area contributed by atoms with E-state index in [0.29, 0.717) is 37.7 Å². The molecule has 0 saturated carbocycles. The monoisotopic (exact) mass is 476 g/mol. The molecule has 3 N–H and O–H groups in total. The number of urea groups is 1. The molecule has 7 nitrogen and oxygen atoms in total. The zero-order valence-electron chi connectivity index (χ0n) is 17.3. The van der Waals surface area contributed by atoms with Gasteiger partial charge in [-0.05, 0) is 48.9 Å². The number of carbonyl (C=O) groups is 3. The first-order valence-electron chi connectivity index (χ1n) is 10.0. The van der Waals surface area contributed by atoms with E-state index in [-0.39, 0.29) is 5.91 Å². The van der Waals surface area contributed by atoms with Gasteiger partial charge in [0.2, 0.25) is 0 Å². The number of amides is 4. The summed E-state index contributed by atoms with van der Waals surface area (Å²) in [6.07, 6.45) is 0. The van der Waals surface area contributed by atoms with Gasteiger partial charge in [-0.25, -0.2) is 9.78 Å². The normalized spacial score (nSPS) is 17.6. The van der Waals surface area contributed by atoms with Crippen molar-refractivity contribution in [2.45, 2.75) is 12.5 Å². The molecule has 3 heterocycles. The topological polar surface area (TPSA) is 100 Å². The van der Waals surface area contributed by atoms with Gasteiger partial charge >= 0.3 is 6.03 Å². The van der Waals surface area contributed by atoms with Crippen LogP contribution in [0.25, 0.3) is 21.5 Å². The van der Waals surface area contributed by atoms with Crippen LogP contribution in [0.2, 0.25) is 4.34 Å². The van der Waals surface area contributed by atoms with E-state index in [1.807, 2.05) is 30.3 Å². The second kappa shape index (κ2) is 7.99. The van der Waals surface area contributed by atoms with Crippen LogP contribution in [0.15, 0.2) is 66.7 Å². The maximum atomic E-state index is 13.3. The van der Waals surface area contributed by atoms with Gasteiger partial charge in [0.25, 0.3) is 11.8 Å². The average Bonchev–Trinajstić information content (AvgIpc) is 3.35. The molecular weight excluding hydrogens is 460 g/mol. The molecule has 1 aliphatic heterocycles. The number of nitrogens with one attached hydrogen (secondary N) is 3. The number of hydrogen-bond donors (Lipinski definition) is 3. The first kappa shape index (κ1) is 21.1. The number of aromatic nitrogens is 1. The Labute approximate surface area is 197 Å². The molecule has 2 aromatic heterocycles. The summed E-state index contributed by atoms with van der Waals surface area (Å²) < 4.78 is 0.638. The van der Waals surface area contributed by atoms with Gasteiger partial charge in [-0.2, -0.15) is 0 Å². The molecule has 4 aromatic rings. The molecule has 33 heavy (non-hydrogen) atoms. The summed E-state index contributed by atoms with van der Waals surface area (Å²) in [6.45, 7) is 1.61. The van der Waals surface area contributed by atoms with Crippen LogP contribution in [-0.4, -0.2) is 22.8 Å². The predicted molar refractivity (Wildman–Crippen MR) is 128 cm³/mol. The lowest BCUT2D eigenvalue weighted by molar-refractivity contribution is -0.123. The summed E-state index contributed by atoms with van der Waals surface area (Å²) in [5, 5.41) is 8.50. The summed E-state index contributed by atoms with van der Waals surface area (Å²) in [5.74, 6) is -0.768. The first-order chi connectivity index (χ1) is 15.8. The van der Waals surface area contributed by atoms with Crippen LogP contribution in [0, 0.1) is 0 Å². The number of imide groups is 1. The standard InChI is InChI=1S/C24H17ClN4O3S/c1-24(22(31)28-23(32)29-24)13-5-4-6-14(11-13)26-21(30)16-12-18(19-9-10-20(25)33-19)27-17-8-3-2-7-15(16)17/h2-12H,1H3,(H,26,30)(H2,28,29,31,32). The number of thiophene rings is 1. The van der Waals surface area contributed by atoms with Crippen molar-refractivity contribution in [1.29, 1.82) is 0 Å². The van der Waals surface area contributed by atoms with E-state index < -0.39 is 17.5 Å². The summed E-state index contributed by atoms with van der Waals surface area (Å²) in [4.78, 5) is 42.8. The van der Waals surface area contributed by atoms with E-state index >= 15 is 0 Å². The lowest BCUT2D eigenvalue weighted by Crippen LogP contribution is -2.40. The average molecular weight is 477 g/mol. The van der Waals surface area contributed by atoms with E-state index in [2.05, 4.69) is 20.9 Å². The zero-order valence-corrected chi connectivity index (χ0v) is 18.9. The lowest BCUT2D eigenvalue weighted by atomic mass is 9.92. The quantitative estimate of drug-likeness (QED) is 0.364. The Morgan fingerprint density at radius 1 is 1.06 bits per heavy atom. The molecule has 2 aromatic carbocycles. The van der Waals surface area contributed by atoms with Crippen molar-refractivity contribution in [1.82, 2.24) is 15.6 Å². The molecule has 5 rings (SSSR count). The van der Waals surface area contributed by atoms with Gasteiger partial charge < -0.3 is 10.6 Å². The van der Waals surface area contributed by atoms with E-state index in [1.54, 1.807) is 43.3 Å². The number of pyridine rings is 1. The van der Waals surface area contributed by atoms with E-state index in [9.17, 15) is 14.4 Å². The number of rotatable bonds is 4. The van der Waals surface area contributed by atoms with E-state index in [4.69, 9.17) is 11.6 Å². The summed E-state index contributed by atoms with van der Waals surface area (Å²) in [5.41, 5.74) is 1.64. The van der Waals surface area contributed by atoms with Crippen LogP contribution in [0.5, 0.6) is 0 Å². The Kier molecular flexibility index (Phi) is 5.11. The molecule has 0 aliphatic carbocycles. The Hall–Kier alpha value is -3.75. The predicted octanol–water partition coefficient (Wildman–Crippen LogP) is 4.92. The van der Waals surface area contributed by atoms with Crippen LogP contribution in [0.1, 0.15) is 22.8 Å². The molecule has 4 amide bonds. The van der Waals surface area contributed by atoms with E-state index in [1.165, 1.54) is 11.3 Å². The minimum Gasteiger partial charge on any atom is -0.322 e. The molecule has 1 saturated heterocycles. The summed E-state index contributed by atoms with van der Waals surface area (Å²) in [6, 6.07) is 19.1. The maximum Gasteiger partial charge on any atom is 0.322 e. The number of benzene rings is 2. The van der Waals surface area contributed by atoms with Crippen LogP contribution < -0.4 is 16.0 Å².